The van der Waals surface area contributed by atoms with Gasteiger partial charge in [-0.25, -0.2) is 53.9 Å². The average Bonchev–Trinajstić information content (AvgIpc) is 4.42. The molecule has 9 heterocycles. The zero-order chi connectivity index (χ0) is 52.3. The van der Waals surface area contributed by atoms with Gasteiger partial charge in [0, 0.05) is 55.1 Å². The molecule has 3 aromatic heterocycles. The van der Waals surface area contributed by atoms with Crippen molar-refractivity contribution in [3.63, 3.8) is 0 Å². The van der Waals surface area contributed by atoms with Crippen molar-refractivity contribution in [1.82, 2.24) is 19.9 Å². The summed E-state index contributed by atoms with van der Waals surface area (Å²) in [6.07, 6.45) is 5.53. The van der Waals surface area contributed by atoms with Crippen molar-refractivity contribution in [2.75, 3.05) is 0 Å². The van der Waals surface area contributed by atoms with Crippen LogP contribution in [0.2, 0.25) is 0 Å². The van der Waals surface area contributed by atoms with E-state index < -0.39 is 80.4 Å². The van der Waals surface area contributed by atoms with E-state index in [1.165, 1.54) is 48.6 Å². The smallest absolute Gasteiger partial charge is 0.200 e. The van der Waals surface area contributed by atoms with Crippen LogP contribution in [0.5, 0.6) is 11.5 Å². The quantitative estimate of drug-likeness (QED) is 0.103. The molecular formula is C60H30F10N4O2. The van der Waals surface area contributed by atoms with Crippen molar-refractivity contribution in [3.8, 4) is 56.0 Å². The van der Waals surface area contributed by atoms with E-state index in [4.69, 9.17) is 19.4 Å². The predicted molar refractivity (Wildman–Crippen MR) is 270 cm³/mol. The third-order valence-corrected chi connectivity index (χ3v) is 13.8. The summed E-state index contributed by atoms with van der Waals surface area (Å²) in [5.74, 6) is -21.4. The standard InChI is InChI=1S/C60H30F10N4O2/c61-51-49(52(62)56(66)59(69)55(51)65)47-37-21-17-33(71-37)45-31-9-1-5-29-7-3-11-41(43(29)31)75-25-27-13-15-28(16-14-27)26-76-42-12-4-8-30-6-2-10-32(44(30)42)46(35-19-23-39(47)73-35)36-20-24-40(74-36)48(38-22-18-34(45)72-38)50-53(63)57(67)60(70)58(68)54(50)64/h1-24,71,74H,25-26H2. The van der Waals surface area contributed by atoms with Crippen molar-refractivity contribution in [1.29, 1.82) is 0 Å². The zero-order valence-corrected chi connectivity index (χ0v) is 38.8. The summed E-state index contributed by atoms with van der Waals surface area (Å²) >= 11 is 0. The second kappa shape index (κ2) is 17.6. The van der Waals surface area contributed by atoms with E-state index >= 15 is 35.1 Å². The second-order valence-electron chi connectivity index (χ2n) is 18.1. The van der Waals surface area contributed by atoms with Gasteiger partial charge < -0.3 is 19.4 Å². The summed E-state index contributed by atoms with van der Waals surface area (Å²) in [6.45, 7) is 0.154. The number of nitrogens with one attached hydrogen (secondary N) is 2. The van der Waals surface area contributed by atoms with E-state index in [2.05, 4.69) is 9.97 Å². The van der Waals surface area contributed by atoms with Gasteiger partial charge in [-0.1, -0.05) is 84.9 Å². The summed E-state index contributed by atoms with van der Waals surface area (Å²) in [4.78, 5) is 16.1. The van der Waals surface area contributed by atoms with Crippen LogP contribution in [0.1, 0.15) is 33.9 Å². The predicted octanol–water partition coefficient (Wildman–Crippen LogP) is 16.5. The molecule has 0 radical (unpaired) electrons. The Morgan fingerprint density at radius 1 is 0.316 bits per heavy atom. The lowest BCUT2D eigenvalue weighted by atomic mass is 9.96. The molecule has 6 aliphatic rings. The summed E-state index contributed by atoms with van der Waals surface area (Å²) < 4.78 is 170. The maximum atomic E-state index is 16.4. The largest absolute Gasteiger partial charge is 0.488 e. The van der Waals surface area contributed by atoms with Crippen LogP contribution in [0.3, 0.4) is 0 Å². The molecule has 16 heteroatoms. The van der Waals surface area contributed by atoms with E-state index in [0.29, 0.717) is 44.2 Å². The van der Waals surface area contributed by atoms with Crippen molar-refractivity contribution < 1.29 is 53.4 Å². The minimum absolute atomic E-state index is 0.0296. The van der Waals surface area contributed by atoms with Crippen molar-refractivity contribution >= 4 is 67.9 Å². The van der Waals surface area contributed by atoms with Gasteiger partial charge in [-0.05, 0) is 93.7 Å². The van der Waals surface area contributed by atoms with Gasteiger partial charge in [0.1, 0.15) is 24.7 Å². The molecule has 0 amide bonds. The first kappa shape index (κ1) is 46.4. The lowest BCUT2D eigenvalue weighted by molar-refractivity contribution is 0.306. The Morgan fingerprint density at radius 3 is 0.974 bits per heavy atom. The molecule has 0 saturated heterocycles. The second-order valence-corrected chi connectivity index (χ2v) is 18.1. The fourth-order valence-electron chi connectivity index (χ4n) is 10.3. The molecule has 6 nitrogen and oxygen atoms in total. The third kappa shape index (κ3) is 7.18. The first-order valence-electron chi connectivity index (χ1n) is 23.4. The molecule has 0 spiro atoms. The highest BCUT2D eigenvalue weighted by atomic mass is 19.2. The van der Waals surface area contributed by atoms with Gasteiger partial charge >= 0.3 is 0 Å². The fourth-order valence-corrected chi connectivity index (χ4v) is 10.3. The van der Waals surface area contributed by atoms with Crippen LogP contribution in [0.25, 0.3) is 112 Å². The fraction of sp³-hybridized carbons (Fsp3) is 0.0333. The monoisotopic (exact) mass is 1030 g/mol. The number of aromatic amines is 2. The van der Waals surface area contributed by atoms with Gasteiger partial charge in [0.25, 0.3) is 0 Å². The summed E-state index contributed by atoms with van der Waals surface area (Å²) in [7, 11) is 0. The molecule has 12 bridgehead atoms. The highest BCUT2D eigenvalue weighted by Gasteiger charge is 2.32. The van der Waals surface area contributed by atoms with Crippen molar-refractivity contribution in [3.05, 3.63) is 213 Å². The molecule has 372 valence electrons. The molecule has 0 unspecified atom stereocenters. The molecule has 7 aromatic carbocycles. The summed E-state index contributed by atoms with van der Waals surface area (Å²) in [5.41, 5.74) is -1.54. The number of halogens is 10. The topological polar surface area (TPSA) is 75.8 Å². The number of hydrogen-bond acceptors (Lipinski definition) is 4. The Kier molecular flexibility index (Phi) is 10.7. The number of nitrogens with zero attached hydrogens (tertiary/aromatic N) is 2. The van der Waals surface area contributed by atoms with Crippen LogP contribution in [0, 0.1) is 58.2 Å². The van der Waals surface area contributed by atoms with Crippen molar-refractivity contribution in [2.24, 2.45) is 0 Å². The molecule has 0 fully saturated rings. The SMILES string of the molecule is Fc1c(F)c(F)c(-c2c3nc(c4c5ccc([nH]5)c(-c5c(F)c(F)c(F)c(F)c5F)c5nc(c(c6ccc2[nH]6)-c2cccc6cccc(c26)OCc2ccc(cc2)COc2cccc6cccc-4c26)C=C5)C=C3)c(F)c1F. The molecule has 0 atom stereocenters. The Balaban J connectivity index is 1.28. The van der Waals surface area contributed by atoms with E-state index in [9.17, 15) is 8.78 Å². The third-order valence-electron chi connectivity index (χ3n) is 13.8. The Labute approximate surface area is 422 Å². The van der Waals surface area contributed by atoms with Crippen LogP contribution in [-0.2, 0) is 13.2 Å². The molecule has 6 aliphatic heterocycles. The van der Waals surface area contributed by atoms with Crippen LogP contribution >= 0.6 is 0 Å². The van der Waals surface area contributed by atoms with Gasteiger partial charge in [0.05, 0.1) is 33.9 Å². The molecule has 10 aromatic rings. The van der Waals surface area contributed by atoms with Crippen LogP contribution in [0.15, 0.2) is 121 Å². The number of H-pyrrole nitrogens is 2. The molecule has 2 N–H and O–H groups in total. The Bertz CT molecular complexity index is 4080. The highest BCUT2D eigenvalue weighted by Crippen LogP contribution is 2.46. The van der Waals surface area contributed by atoms with E-state index in [0.717, 1.165) is 11.1 Å². The van der Waals surface area contributed by atoms with E-state index in [1.807, 2.05) is 48.5 Å². The van der Waals surface area contributed by atoms with Gasteiger partial charge in [0.15, 0.2) is 46.5 Å². The number of benzene rings is 7. The number of aromatic nitrogens is 4. The van der Waals surface area contributed by atoms with Crippen LogP contribution < -0.4 is 9.47 Å². The van der Waals surface area contributed by atoms with E-state index in [1.54, 1.807) is 48.5 Å². The zero-order valence-electron chi connectivity index (χ0n) is 38.8. The molecular weight excluding hydrogens is 999 g/mol. The Hall–Kier alpha value is -9.44. The van der Waals surface area contributed by atoms with Crippen LogP contribution in [-0.4, -0.2) is 19.9 Å². The number of ether oxygens (including phenoxy) is 2. The van der Waals surface area contributed by atoms with Gasteiger partial charge in [-0.3, -0.25) is 0 Å². The highest BCUT2D eigenvalue weighted by molar-refractivity contribution is 6.09. The summed E-state index contributed by atoms with van der Waals surface area (Å²) in [6, 6.07) is 34.3. The summed E-state index contributed by atoms with van der Waals surface area (Å²) in [5, 5.41) is 2.28. The maximum absolute atomic E-state index is 16.4. The number of hydrogen-bond donors (Lipinski definition) is 2. The maximum Gasteiger partial charge on any atom is 0.200 e. The van der Waals surface area contributed by atoms with Gasteiger partial charge in [-0.15, -0.1) is 0 Å². The Morgan fingerprint density at radius 2 is 0.618 bits per heavy atom. The molecule has 0 aliphatic carbocycles. The molecule has 16 rings (SSSR count). The first-order valence-corrected chi connectivity index (χ1v) is 23.4. The molecule has 76 heavy (non-hydrogen) atoms. The lowest BCUT2D eigenvalue weighted by Gasteiger charge is -2.15. The van der Waals surface area contributed by atoms with E-state index in [-0.39, 0.29) is 69.2 Å². The average molecular weight is 1030 g/mol. The van der Waals surface area contributed by atoms with Gasteiger partial charge in [0.2, 0.25) is 11.6 Å². The first-order chi connectivity index (χ1) is 36.8. The number of rotatable bonds is 2. The van der Waals surface area contributed by atoms with Crippen molar-refractivity contribution in [2.45, 2.75) is 13.2 Å². The van der Waals surface area contributed by atoms with Crippen LogP contribution in [0.4, 0.5) is 43.9 Å². The minimum Gasteiger partial charge on any atom is -0.488 e. The minimum atomic E-state index is -2.38. The lowest BCUT2D eigenvalue weighted by Crippen LogP contribution is -2.05. The normalized spacial score (nSPS) is 12.9. The molecule has 0 saturated carbocycles. The van der Waals surface area contributed by atoms with Gasteiger partial charge in [-0.2, -0.15) is 0 Å².